The Morgan fingerprint density at radius 3 is 2.95 bits per heavy atom. The molecule has 0 saturated heterocycles. The van der Waals surface area contributed by atoms with Crippen LogP contribution in [0.5, 0.6) is 0 Å². The first-order valence-electron chi connectivity index (χ1n) is 7.04. The van der Waals surface area contributed by atoms with Crippen molar-refractivity contribution in [1.29, 1.82) is 0 Å². The second-order valence-corrected chi connectivity index (χ2v) is 6.18. The fourth-order valence-electron chi connectivity index (χ4n) is 1.86. The summed E-state index contributed by atoms with van der Waals surface area (Å²) in [4.78, 5) is 16.3. The van der Waals surface area contributed by atoms with E-state index in [2.05, 4.69) is 29.5 Å². The van der Waals surface area contributed by atoms with Gasteiger partial charge in [-0.15, -0.1) is 11.3 Å². The summed E-state index contributed by atoms with van der Waals surface area (Å²) in [5.41, 5.74) is 1.76. The summed E-state index contributed by atoms with van der Waals surface area (Å²) in [5, 5.41) is 6.75. The number of thiazole rings is 1. The molecule has 114 valence electrons. The standard InChI is InChI=1S/C15H21N3O2S/c1-10(2)14-18-12-6-5-11(9-13(12)21-14)17-15(19)16-7-4-8-20-3/h5-6,9-10H,4,7-8H2,1-3H3,(H2,16,17,19). The molecule has 1 aromatic carbocycles. The zero-order chi connectivity index (χ0) is 15.2. The van der Waals surface area contributed by atoms with Gasteiger partial charge in [-0.2, -0.15) is 0 Å². The van der Waals surface area contributed by atoms with Gasteiger partial charge in [0.1, 0.15) is 0 Å². The Balaban J connectivity index is 1.97. The molecule has 0 saturated carbocycles. The van der Waals surface area contributed by atoms with Crippen LogP contribution in [0.15, 0.2) is 18.2 Å². The topological polar surface area (TPSA) is 63.2 Å². The van der Waals surface area contributed by atoms with E-state index in [0.717, 1.165) is 27.3 Å². The summed E-state index contributed by atoms with van der Waals surface area (Å²) in [7, 11) is 1.65. The van der Waals surface area contributed by atoms with Crippen LogP contribution in [-0.2, 0) is 4.74 Å². The molecule has 0 bridgehead atoms. The maximum atomic E-state index is 11.7. The highest BCUT2D eigenvalue weighted by Gasteiger charge is 2.08. The lowest BCUT2D eigenvalue weighted by Gasteiger charge is -2.07. The van der Waals surface area contributed by atoms with Crippen molar-refractivity contribution in [2.75, 3.05) is 25.6 Å². The average molecular weight is 307 g/mol. The number of aromatic nitrogens is 1. The summed E-state index contributed by atoms with van der Waals surface area (Å²) < 4.78 is 6.03. The third-order valence-corrected chi connectivity index (χ3v) is 4.29. The lowest BCUT2D eigenvalue weighted by molar-refractivity contribution is 0.194. The Morgan fingerprint density at radius 2 is 2.24 bits per heavy atom. The lowest BCUT2D eigenvalue weighted by Crippen LogP contribution is -2.29. The molecule has 21 heavy (non-hydrogen) atoms. The SMILES string of the molecule is COCCCNC(=O)Nc1ccc2nc(C(C)C)sc2c1. The number of ether oxygens (including phenoxy) is 1. The van der Waals surface area contributed by atoms with Crippen LogP contribution in [-0.4, -0.2) is 31.3 Å². The number of hydrogen-bond donors (Lipinski definition) is 2. The van der Waals surface area contributed by atoms with Gasteiger partial charge in [-0.25, -0.2) is 9.78 Å². The monoisotopic (exact) mass is 307 g/mol. The van der Waals surface area contributed by atoms with Crippen LogP contribution in [0.4, 0.5) is 10.5 Å². The molecule has 0 unspecified atom stereocenters. The molecule has 0 spiro atoms. The predicted octanol–water partition coefficient (Wildman–Crippen LogP) is 3.58. The van der Waals surface area contributed by atoms with Gasteiger partial charge in [-0.05, 0) is 24.6 Å². The minimum Gasteiger partial charge on any atom is -0.385 e. The molecule has 6 heteroatoms. The molecule has 0 aliphatic rings. The highest BCUT2D eigenvalue weighted by molar-refractivity contribution is 7.18. The van der Waals surface area contributed by atoms with Crippen molar-refractivity contribution < 1.29 is 9.53 Å². The highest BCUT2D eigenvalue weighted by Crippen LogP contribution is 2.29. The molecule has 0 fully saturated rings. The minimum absolute atomic E-state index is 0.195. The molecular formula is C15H21N3O2S. The molecular weight excluding hydrogens is 286 g/mol. The number of carbonyl (C=O) groups is 1. The van der Waals surface area contributed by atoms with Crippen LogP contribution >= 0.6 is 11.3 Å². The van der Waals surface area contributed by atoms with E-state index in [4.69, 9.17) is 4.74 Å². The fourth-order valence-corrected chi connectivity index (χ4v) is 2.87. The van der Waals surface area contributed by atoms with Gasteiger partial charge in [0, 0.05) is 31.9 Å². The smallest absolute Gasteiger partial charge is 0.319 e. The number of anilines is 1. The van der Waals surface area contributed by atoms with Crippen LogP contribution < -0.4 is 10.6 Å². The second-order valence-electron chi connectivity index (χ2n) is 5.12. The summed E-state index contributed by atoms with van der Waals surface area (Å²) in [6, 6.07) is 5.59. The van der Waals surface area contributed by atoms with Crippen LogP contribution in [0.25, 0.3) is 10.2 Å². The van der Waals surface area contributed by atoms with E-state index in [-0.39, 0.29) is 6.03 Å². The number of hydrogen-bond acceptors (Lipinski definition) is 4. The number of nitrogens with zero attached hydrogens (tertiary/aromatic N) is 1. The van der Waals surface area contributed by atoms with Gasteiger partial charge in [0.2, 0.25) is 0 Å². The number of urea groups is 1. The summed E-state index contributed by atoms with van der Waals surface area (Å²) in [5.74, 6) is 0.419. The van der Waals surface area contributed by atoms with Crippen LogP contribution in [0, 0.1) is 0 Å². The molecule has 1 aromatic heterocycles. The van der Waals surface area contributed by atoms with Gasteiger partial charge in [-0.1, -0.05) is 13.8 Å². The first-order valence-corrected chi connectivity index (χ1v) is 7.86. The van der Waals surface area contributed by atoms with E-state index in [0.29, 0.717) is 19.1 Å². The first kappa shape index (κ1) is 15.7. The molecule has 0 atom stereocenters. The normalized spacial score (nSPS) is 11.0. The number of rotatable bonds is 6. The molecule has 2 aromatic rings. The molecule has 2 amide bonds. The zero-order valence-electron chi connectivity index (χ0n) is 12.6. The number of carbonyl (C=O) groups excluding carboxylic acids is 1. The van der Waals surface area contributed by atoms with Gasteiger partial charge in [0.15, 0.2) is 0 Å². The molecule has 0 aliphatic heterocycles. The van der Waals surface area contributed by atoms with Gasteiger partial charge in [0.25, 0.3) is 0 Å². The van der Waals surface area contributed by atoms with Crippen molar-refractivity contribution in [3.63, 3.8) is 0 Å². The van der Waals surface area contributed by atoms with E-state index >= 15 is 0 Å². The van der Waals surface area contributed by atoms with Crippen molar-refractivity contribution in [3.8, 4) is 0 Å². The van der Waals surface area contributed by atoms with Crippen molar-refractivity contribution in [2.45, 2.75) is 26.2 Å². The van der Waals surface area contributed by atoms with Crippen LogP contribution in [0.2, 0.25) is 0 Å². The van der Waals surface area contributed by atoms with E-state index in [1.165, 1.54) is 0 Å². The number of methoxy groups -OCH3 is 1. The largest absolute Gasteiger partial charge is 0.385 e. The summed E-state index contributed by atoms with van der Waals surface area (Å²) in [6.45, 7) is 5.50. The Bertz CT molecular complexity index is 610. The van der Waals surface area contributed by atoms with E-state index < -0.39 is 0 Å². The zero-order valence-corrected chi connectivity index (χ0v) is 13.4. The molecule has 0 radical (unpaired) electrons. The molecule has 2 N–H and O–H groups in total. The number of amides is 2. The summed E-state index contributed by atoms with van der Waals surface area (Å²) >= 11 is 1.67. The van der Waals surface area contributed by atoms with E-state index in [1.54, 1.807) is 18.4 Å². The van der Waals surface area contributed by atoms with Crippen molar-refractivity contribution in [3.05, 3.63) is 23.2 Å². The van der Waals surface area contributed by atoms with Gasteiger partial charge >= 0.3 is 6.03 Å². The highest BCUT2D eigenvalue weighted by atomic mass is 32.1. The van der Waals surface area contributed by atoms with Gasteiger partial charge in [-0.3, -0.25) is 0 Å². The Morgan fingerprint density at radius 1 is 1.43 bits per heavy atom. The third-order valence-electron chi connectivity index (χ3n) is 2.97. The van der Waals surface area contributed by atoms with Crippen molar-refractivity contribution >= 4 is 33.3 Å². The second kappa shape index (κ2) is 7.38. The molecule has 0 aliphatic carbocycles. The van der Waals surface area contributed by atoms with Gasteiger partial charge in [0.05, 0.1) is 15.2 Å². The summed E-state index contributed by atoms with van der Waals surface area (Å²) in [6.07, 6.45) is 0.801. The Labute approximate surface area is 128 Å². The van der Waals surface area contributed by atoms with Crippen molar-refractivity contribution in [2.24, 2.45) is 0 Å². The maximum Gasteiger partial charge on any atom is 0.319 e. The average Bonchev–Trinajstić information content (AvgIpc) is 2.87. The number of fused-ring (bicyclic) bond motifs is 1. The molecule has 1 heterocycles. The van der Waals surface area contributed by atoms with Crippen LogP contribution in [0.1, 0.15) is 31.2 Å². The van der Waals surface area contributed by atoms with E-state index in [1.807, 2.05) is 18.2 Å². The first-order chi connectivity index (χ1) is 10.1. The van der Waals surface area contributed by atoms with Crippen molar-refractivity contribution in [1.82, 2.24) is 10.3 Å². The number of benzene rings is 1. The Hall–Kier alpha value is -1.66. The third kappa shape index (κ3) is 4.41. The maximum absolute atomic E-state index is 11.7. The predicted molar refractivity (Wildman–Crippen MR) is 87.2 cm³/mol. The van der Waals surface area contributed by atoms with E-state index in [9.17, 15) is 4.79 Å². The lowest BCUT2D eigenvalue weighted by atomic mass is 10.2. The van der Waals surface area contributed by atoms with Gasteiger partial charge < -0.3 is 15.4 Å². The fraction of sp³-hybridized carbons (Fsp3) is 0.467. The molecule has 5 nitrogen and oxygen atoms in total. The van der Waals surface area contributed by atoms with Crippen LogP contribution in [0.3, 0.4) is 0 Å². The molecule has 2 rings (SSSR count). The quantitative estimate of drug-likeness (QED) is 0.802. The number of nitrogens with one attached hydrogen (secondary N) is 2. The Kier molecular flexibility index (Phi) is 5.52. The minimum atomic E-state index is -0.195.